The van der Waals surface area contributed by atoms with E-state index < -0.39 is 0 Å². The van der Waals surface area contributed by atoms with Gasteiger partial charge < -0.3 is 10.1 Å². The summed E-state index contributed by atoms with van der Waals surface area (Å²) in [6.07, 6.45) is 6.26. The second-order valence-corrected chi connectivity index (χ2v) is 8.35. The van der Waals surface area contributed by atoms with Gasteiger partial charge >= 0.3 is 0 Å². The summed E-state index contributed by atoms with van der Waals surface area (Å²) in [5.74, 6) is 1.29. The fourth-order valence-electron chi connectivity index (χ4n) is 4.97. The second-order valence-electron chi connectivity index (χ2n) is 8.35. The Morgan fingerprint density at radius 2 is 2.00 bits per heavy atom. The maximum absolute atomic E-state index is 11.5. The van der Waals surface area contributed by atoms with Crippen molar-refractivity contribution in [1.29, 1.82) is 0 Å². The fourth-order valence-corrected chi connectivity index (χ4v) is 4.97. The number of aromatic nitrogens is 2. The molecule has 0 radical (unpaired) electrons. The van der Waals surface area contributed by atoms with Crippen LogP contribution in [0.2, 0.25) is 0 Å². The van der Waals surface area contributed by atoms with Gasteiger partial charge in [-0.15, -0.1) is 0 Å². The van der Waals surface area contributed by atoms with Gasteiger partial charge in [-0.3, -0.25) is 9.69 Å². The average Bonchev–Trinajstić information content (AvgIpc) is 3.27. The highest BCUT2D eigenvalue weighted by Crippen LogP contribution is 2.38. The Morgan fingerprint density at radius 3 is 2.71 bits per heavy atom. The topological polar surface area (TPSA) is 59.4 Å². The molecule has 0 bridgehead atoms. The summed E-state index contributed by atoms with van der Waals surface area (Å²) in [6.45, 7) is 6.78. The van der Waals surface area contributed by atoms with Crippen LogP contribution in [0.5, 0.6) is 0 Å². The van der Waals surface area contributed by atoms with Crippen LogP contribution < -0.4 is 5.32 Å². The van der Waals surface area contributed by atoms with E-state index in [1.165, 1.54) is 11.1 Å². The van der Waals surface area contributed by atoms with E-state index in [0.717, 1.165) is 38.2 Å². The number of hydrogen-bond donors (Lipinski definition) is 1. The number of ether oxygens (including phenoxy) is 1. The minimum absolute atomic E-state index is 0.0315. The molecular formula is C22H30N4O2. The number of para-hydroxylation sites is 1. The molecule has 2 aromatic rings. The minimum Gasteiger partial charge on any atom is -0.379 e. The van der Waals surface area contributed by atoms with E-state index >= 15 is 0 Å². The number of benzene rings is 1. The van der Waals surface area contributed by atoms with Crippen molar-refractivity contribution in [3.63, 3.8) is 0 Å². The molecule has 0 spiro atoms. The maximum atomic E-state index is 11.5. The molecule has 1 aliphatic heterocycles. The van der Waals surface area contributed by atoms with E-state index in [-0.39, 0.29) is 18.1 Å². The van der Waals surface area contributed by atoms with Crippen molar-refractivity contribution in [3.8, 4) is 5.69 Å². The molecule has 6 heteroatoms. The van der Waals surface area contributed by atoms with Crippen molar-refractivity contribution in [3.05, 3.63) is 47.8 Å². The van der Waals surface area contributed by atoms with E-state index in [1.54, 1.807) is 14.0 Å². The molecule has 1 N–H and O–H groups in total. The lowest BCUT2D eigenvalue weighted by molar-refractivity contribution is -0.121. The Labute approximate surface area is 166 Å². The largest absolute Gasteiger partial charge is 0.379 e. The molecule has 28 heavy (non-hydrogen) atoms. The molecule has 1 aromatic heterocycles. The van der Waals surface area contributed by atoms with E-state index in [2.05, 4.69) is 46.6 Å². The van der Waals surface area contributed by atoms with Crippen LogP contribution in [0, 0.1) is 18.8 Å². The van der Waals surface area contributed by atoms with E-state index in [0.29, 0.717) is 11.8 Å². The van der Waals surface area contributed by atoms with Crippen molar-refractivity contribution in [2.45, 2.75) is 45.4 Å². The Balaban J connectivity index is 1.40. The maximum Gasteiger partial charge on any atom is 0.217 e. The van der Waals surface area contributed by atoms with Crippen LogP contribution >= 0.6 is 0 Å². The van der Waals surface area contributed by atoms with E-state index in [9.17, 15) is 4.79 Å². The molecule has 1 amide bonds. The van der Waals surface area contributed by atoms with Gasteiger partial charge in [0.05, 0.1) is 24.0 Å². The summed E-state index contributed by atoms with van der Waals surface area (Å²) >= 11 is 0. The Hall–Kier alpha value is -2.18. The molecule has 1 aromatic carbocycles. The minimum atomic E-state index is 0.0315. The van der Waals surface area contributed by atoms with Crippen molar-refractivity contribution in [1.82, 2.24) is 20.0 Å². The summed E-state index contributed by atoms with van der Waals surface area (Å²) in [6, 6.07) is 8.44. The molecule has 150 valence electrons. The van der Waals surface area contributed by atoms with Crippen molar-refractivity contribution < 1.29 is 9.53 Å². The number of carbonyl (C=O) groups excluding carboxylic acids is 1. The van der Waals surface area contributed by atoms with Crippen LogP contribution in [-0.4, -0.2) is 52.9 Å². The molecule has 2 aliphatic rings. The number of hydrogen-bond acceptors (Lipinski definition) is 4. The van der Waals surface area contributed by atoms with Gasteiger partial charge in [0.1, 0.15) is 0 Å². The SMILES string of the molecule is CO[C@@H]1C[C@H]2CN(Cc3cnn(-c4ccccc4C)c3)C[C@H]2C[C@H]1NC(C)=O. The molecule has 6 nitrogen and oxygen atoms in total. The normalized spacial score (nSPS) is 27.5. The third-order valence-electron chi connectivity index (χ3n) is 6.29. The fraction of sp³-hybridized carbons (Fsp3) is 0.545. The van der Waals surface area contributed by atoms with Crippen molar-refractivity contribution in [2.24, 2.45) is 11.8 Å². The molecule has 1 aliphatic carbocycles. The third kappa shape index (κ3) is 3.98. The summed E-state index contributed by atoms with van der Waals surface area (Å²) < 4.78 is 7.66. The van der Waals surface area contributed by atoms with Crippen molar-refractivity contribution >= 4 is 5.91 Å². The lowest BCUT2D eigenvalue weighted by Gasteiger charge is -2.37. The summed E-state index contributed by atoms with van der Waals surface area (Å²) in [5, 5.41) is 7.66. The standard InChI is InChI=1S/C22H30N4O2/c1-15-6-4-5-7-21(15)26-12-17(10-23-26)11-25-13-18-8-20(24-16(2)27)22(28-3)9-19(18)14-25/h4-7,10,12,18-20,22H,8-9,11,13-14H2,1-3H3,(H,24,27)/t18-,19+,20-,22-/m1/s1. The summed E-state index contributed by atoms with van der Waals surface area (Å²) in [5.41, 5.74) is 3.59. The highest BCUT2D eigenvalue weighted by atomic mass is 16.5. The summed E-state index contributed by atoms with van der Waals surface area (Å²) in [4.78, 5) is 14.1. The number of amides is 1. The molecular weight excluding hydrogens is 352 g/mol. The monoisotopic (exact) mass is 382 g/mol. The highest BCUT2D eigenvalue weighted by molar-refractivity contribution is 5.73. The van der Waals surface area contributed by atoms with Gasteiger partial charge in [0, 0.05) is 45.4 Å². The predicted molar refractivity (Wildman–Crippen MR) is 108 cm³/mol. The molecule has 2 fully saturated rings. The quantitative estimate of drug-likeness (QED) is 0.863. The number of carbonyl (C=O) groups is 1. The highest BCUT2D eigenvalue weighted by Gasteiger charge is 2.42. The van der Waals surface area contributed by atoms with Crippen LogP contribution in [0.15, 0.2) is 36.7 Å². The van der Waals surface area contributed by atoms with E-state index in [1.807, 2.05) is 16.9 Å². The molecule has 0 unspecified atom stereocenters. The first-order valence-electron chi connectivity index (χ1n) is 10.1. The van der Waals surface area contributed by atoms with Gasteiger partial charge in [-0.05, 0) is 43.2 Å². The first-order chi connectivity index (χ1) is 13.5. The molecule has 1 saturated carbocycles. The van der Waals surface area contributed by atoms with Gasteiger partial charge in [-0.1, -0.05) is 18.2 Å². The Morgan fingerprint density at radius 1 is 1.25 bits per heavy atom. The number of nitrogens with zero attached hydrogens (tertiary/aromatic N) is 3. The zero-order valence-corrected chi connectivity index (χ0v) is 17.0. The van der Waals surface area contributed by atoms with Gasteiger partial charge in [-0.25, -0.2) is 4.68 Å². The van der Waals surface area contributed by atoms with Crippen LogP contribution in [0.4, 0.5) is 0 Å². The number of aryl methyl sites for hydroxylation is 1. The number of methoxy groups -OCH3 is 1. The molecule has 4 atom stereocenters. The van der Waals surface area contributed by atoms with Crippen LogP contribution in [0.1, 0.15) is 30.9 Å². The first-order valence-corrected chi connectivity index (χ1v) is 10.1. The lowest BCUT2D eigenvalue weighted by Crippen LogP contribution is -2.49. The zero-order valence-electron chi connectivity index (χ0n) is 17.0. The number of fused-ring (bicyclic) bond motifs is 1. The predicted octanol–water partition coefficient (Wildman–Crippen LogP) is 2.54. The van der Waals surface area contributed by atoms with E-state index in [4.69, 9.17) is 4.74 Å². The van der Waals surface area contributed by atoms with Gasteiger partial charge in [0.2, 0.25) is 5.91 Å². The number of likely N-dealkylation sites (tertiary alicyclic amines) is 1. The zero-order chi connectivity index (χ0) is 19.7. The van der Waals surface area contributed by atoms with Crippen molar-refractivity contribution in [2.75, 3.05) is 20.2 Å². The van der Waals surface area contributed by atoms with Gasteiger partial charge in [0.25, 0.3) is 0 Å². The first kappa shape index (κ1) is 19.2. The van der Waals surface area contributed by atoms with Gasteiger partial charge in [0.15, 0.2) is 0 Å². The summed E-state index contributed by atoms with van der Waals surface area (Å²) in [7, 11) is 1.76. The Bertz CT molecular complexity index is 833. The van der Waals surface area contributed by atoms with Crippen LogP contribution in [0.3, 0.4) is 0 Å². The van der Waals surface area contributed by atoms with Crippen LogP contribution in [0.25, 0.3) is 5.69 Å². The third-order valence-corrected chi connectivity index (χ3v) is 6.29. The van der Waals surface area contributed by atoms with Gasteiger partial charge in [-0.2, -0.15) is 5.10 Å². The molecule has 1 saturated heterocycles. The number of nitrogens with one attached hydrogen (secondary N) is 1. The Kier molecular flexibility index (Phi) is 5.51. The molecule has 4 rings (SSSR count). The molecule has 2 heterocycles. The van der Waals surface area contributed by atoms with Crippen LogP contribution in [-0.2, 0) is 16.1 Å². The smallest absolute Gasteiger partial charge is 0.217 e. The lowest BCUT2D eigenvalue weighted by atomic mass is 9.77. The average molecular weight is 383 g/mol. The second kappa shape index (κ2) is 8.05. The number of rotatable bonds is 5.